The largest absolute Gasteiger partial charge is 0.348 e. The number of aromatic nitrogens is 3. The number of hydrogen-bond acceptors (Lipinski definition) is 4. The standard InChI is InChI=1S/C18H27N5O2/c24-17-10-13(12-23(17)14-6-3-4-7-14)18(25)19-11-16-21-20-15-8-2-1-5-9-22(15)16/h13-14H,1-12H2,(H,19,25). The van der Waals surface area contributed by atoms with Crippen molar-refractivity contribution in [1.82, 2.24) is 25.0 Å². The fourth-order valence-electron chi connectivity index (χ4n) is 4.46. The minimum absolute atomic E-state index is 0.0279. The molecule has 2 fully saturated rings. The Kier molecular flexibility index (Phi) is 4.72. The lowest BCUT2D eigenvalue weighted by atomic mass is 10.1. The van der Waals surface area contributed by atoms with Crippen molar-refractivity contribution in [3.63, 3.8) is 0 Å². The summed E-state index contributed by atoms with van der Waals surface area (Å²) in [6.45, 7) is 1.91. The second kappa shape index (κ2) is 7.14. The van der Waals surface area contributed by atoms with E-state index < -0.39 is 0 Å². The van der Waals surface area contributed by atoms with Crippen molar-refractivity contribution >= 4 is 11.8 Å². The minimum atomic E-state index is -0.223. The molecule has 1 saturated carbocycles. The molecule has 7 heteroatoms. The molecule has 25 heavy (non-hydrogen) atoms. The second-order valence-corrected chi connectivity index (χ2v) is 7.60. The van der Waals surface area contributed by atoms with Gasteiger partial charge >= 0.3 is 0 Å². The Bertz CT molecular complexity index is 650. The first kappa shape index (κ1) is 16.5. The summed E-state index contributed by atoms with van der Waals surface area (Å²) in [4.78, 5) is 26.7. The van der Waals surface area contributed by atoms with Gasteiger partial charge in [-0.2, -0.15) is 0 Å². The van der Waals surface area contributed by atoms with Crippen LogP contribution in [-0.2, 0) is 29.1 Å². The van der Waals surface area contributed by atoms with E-state index in [0.717, 1.165) is 50.3 Å². The molecule has 3 heterocycles. The van der Waals surface area contributed by atoms with Gasteiger partial charge in [-0.15, -0.1) is 10.2 Å². The number of carbonyl (C=O) groups excluding carboxylic acids is 2. The summed E-state index contributed by atoms with van der Waals surface area (Å²) in [6, 6.07) is 0.359. The van der Waals surface area contributed by atoms with Gasteiger partial charge in [0.1, 0.15) is 5.82 Å². The Labute approximate surface area is 148 Å². The van der Waals surface area contributed by atoms with Crippen LogP contribution in [0.4, 0.5) is 0 Å². The lowest BCUT2D eigenvalue weighted by molar-refractivity contribution is -0.130. The Morgan fingerprint density at radius 1 is 1.12 bits per heavy atom. The summed E-state index contributed by atoms with van der Waals surface area (Å²) >= 11 is 0. The van der Waals surface area contributed by atoms with Gasteiger partial charge in [0, 0.05) is 32.0 Å². The molecule has 1 N–H and O–H groups in total. The molecule has 1 aromatic rings. The number of rotatable bonds is 4. The number of nitrogens with one attached hydrogen (secondary N) is 1. The molecule has 1 aromatic heterocycles. The SMILES string of the molecule is O=C(NCc1nnc2n1CCCCC2)C1CC(=O)N(C2CCCC2)C1. The van der Waals surface area contributed by atoms with E-state index >= 15 is 0 Å². The normalized spacial score (nSPS) is 24.4. The second-order valence-electron chi connectivity index (χ2n) is 7.60. The van der Waals surface area contributed by atoms with Crippen LogP contribution in [0, 0.1) is 5.92 Å². The van der Waals surface area contributed by atoms with Gasteiger partial charge in [-0.3, -0.25) is 9.59 Å². The fraction of sp³-hybridized carbons (Fsp3) is 0.778. The molecule has 2 aliphatic heterocycles. The van der Waals surface area contributed by atoms with Gasteiger partial charge in [0.15, 0.2) is 5.82 Å². The molecule has 7 nitrogen and oxygen atoms in total. The summed E-state index contributed by atoms with van der Waals surface area (Å²) in [5.41, 5.74) is 0. The van der Waals surface area contributed by atoms with E-state index in [0.29, 0.717) is 25.6 Å². The van der Waals surface area contributed by atoms with Crippen LogP contribution < -0.4 is 5.32 Å². The lowest BCUT2D eigenvalue weighted by Crippen LogP contribution is -2.37. The smallest absolute Gasteiger partial charge is 0.225 e. The molecular weight excluding hydrogens is 318 g/mol. The van der Waals surface area contributed by atoms with E-state index in [4.69, 9.17) is 0 Å². The van der Waals surface area contributed by atoms with Crippen LogP contribution in [0.2, 0.25) is 0 Å². The van der Waals surface area contributed by atoms with Crippen LogP contribution in [0.15, 0.2) is 0 Å². The molecular formula is C18H27N5O2. The Morgan fingerprint density at radius 3 is 2.80 bits per heavy atom. The van der Waals surface area contributed by atoms with Gasteiger partial charge in [-0.05, 0) is 25.7 Å². The molecule has 2 amide bonds. The van der Waals surface area contributed by atoms with Crippen LogP contribution in [0.5, 0.6) is 0 Å². The topological polar surface area (TPSA) is 80.1 Å². The van der Waals surface area contributed by atoms with Crippen LogP contribution in [0.3, 0.4) is 0 Å². The predicted molar refractivity (Wildman–Crippen MR) is 91.5 cm³/mol. The molecule has 136 valence electrons. The molecule has 0 radical (unpaired) electrons. The molecule has 0 spiro atoms. The number of amides is 2. The van der Waals surface area contributed by atoms with Gasteiger partial charge in [0.05, 0.1) is 12.5 Å². The van der Waals surface area contributed by atoms with Gasteiger partial charge in [-0.25, -0.2) is 0 Å². The molecule has 3 aliphatic rings. The number of carbonyl (C=O) groups is 2. The fourth-order valence-corrected chi connectivity index (χ4v) is 4.46. The number of likely N-dealkylation sites (tertiary alicyclic amines) is 1. The van der Waals surface area contributed by atoms with Crippen molar-refractivity contribution in [2.75, 3.05) is 6.54 Å². The third-order valence-corrected chi connectivity index (χ3v) is 5.90. The van der Waals surface area contributed by atoms with Crippen LogP contribution in [0.25, 0.3) is 0 Å². The summed E-state index contributed by atoms with van der Waals surface area (Å²) in [5, 5.41) is 11.5. The van der Waals surface area contributed by atoms with Crippen molar-refractivity contribution in [1.29, 1.82) is 0 Å². The maximum absolute atomic E-state index is 12.5. The third-order valence-electron chi connectivity index (χ3n) is 5.90. The van der Waals surface area contributed by atoms with Crippen LogP contribution in [-0.4, -0.2) is 44.1 Å². The number of hydrogen-bond donors (Lipinski definition) is 1. The predicted octanol–water partition coefficient (Wildman–Crippen LogP) is 1.41. The highest BCUT2D eigenvalue weighted by Crippen LogP contribution is 2.29. The highest BCUT2D eigenvalue weighted by atomic mass is 16.2. The van der Waals surface area contributed by atoms with E-state index in [9.17, 15) is 9.59 Å². The number of aryl methyl sites for hydroxylation is 1. The van der Waals surface area contributed by atoms with Gasteiger partial charge in [-0.1, -0.05) is 19.3 Å². The molecule has 4 rings (SSSR count). The Balaban J connectivity index is 1.34. The summed E-state index contributed by atoms with van der Waals surface area (Å²) in [6.07, 6.45) is 9.40. The Morgan fingerprint density at radius 2 is 1.96 bits per heavy atom. The first-order chi connectivity index (χ1) is 12.2. The van der Waals surface area contributed by atoms with E-state index in [1.165, 1.54) is 19.3 Å². The average molecular weight is 345 g/mol. The Hall–Kier alpha value is -1.92. The molecule has 0 aromatic carbocycles. The van der Waals surface area contributed by atoms with Crippen molar-refractivity contribution in [2.45, 2.75) is 76.9 Å². The third kappa shape index (κ3) is 3.41. The highest BCUT2D eigenvalue weighted by Gasteiger charge is 2.38. The van der Waals surface area contributed by atoms with Crippen molar-refractivity contribution in [3.05, 3.63) is 11.6 Å². The number of fused-ring (bicyclic) bond motifs is 1. The quantitative estimate of drug-likeness (QED) is 0.895. The first-order valence-corrected chi connectivity index (χ1v) is 9.70. The van der Waals surface area contributed by atoms with E-state index in [2.05, 4.69) is 20.1 Å². The maximum atomic E-state index is 12.5. The van der Waals surface area contributed by atoms with Gasteiger partial charge in [0.2, 0.25) is 11.8 Å². The van der Waals surface area contributed by atoms with Crippen molar-refractivity contribution in [3.8, 4) is 0 Å². The van der Waals surface area contributed by atoms with Gasteiger partial charge in [0.25, 0.3) is 0 Å². The zero-order valence-electron chi connectivity index (χ0n) is 14.7. The summed E-state index contributed by atoms with van der Waals surface area (Å²) in [7, 11) is 0. The molecule has 1 unspecified atom stereocenters. The summed E-state index contributed by atoms with van der Waals surface area (Å²) in [5.74, 6) is 1.76. The highest BCUT2D eigenvalue weighted by molar-refractivity contribution is 5.89. The minimum Gasteiger partial charge on any atom is -0.348 e. The van der Waals surface area contributed by atoms with Gasteiger partial charge < -0.3 is 14.8 Å². The zero-order chi connectivity index (χ0) is 17.2. The van der Waals surface area contributed by atoms with Crippen LogP contribution in [0.1, 0.15) is 63.0 Å². The average Bonchev–Trinajstić information content (AvgIpc) is 3.30. The molecule has 1 saturated heterocycles. The molecule has 1 atom stereocenters. The monoisotopic (exact) mass is 345 g/mol. The number of nitrogens with zero attached hydrogens (tertiary/aromatic N) is 4. The van der Waals surface area contributed by atoms with E-state index in [1.807, 2.05) is 4.90 Å². The van der Waals surface area contributed by atoms with E-state index in [-0.39, 0.29) is 17.7 Å². The van der Waals surface area contributed by atoms with Crippen molar-refractivity contribution in [2.24, 2.45) is 5.92 Å². The van der Waals surface area contributed by atoms with Crippen molar-refractivity contribution < 1.29 is 9.59 Å². The first-order valence-electron chi connectivity index (χ1n) is 9.70. The lowest BCUT2D eigenvalue weighted by Gasteiger charge is -2.23. The maximum Gasteiger partial charge on any atom is 0.225 e. The zero-order valence-corrected chi connectivity index (χ0v) is 14.7. The van der Waals surface area contributed by atoms with Crippen LogP contribution >= 0.6 is 0 Å². The summed E-state index contributed by atoms with van der Waals surface area (Å²) < 4.78 is 2.15. The molecule has 0 bridgehead atoms. The van der Waals surface area contributed by atoms with E-state index in [1.54, 1.807) is 0 Å². The molecule has 1 aliphatic carbocycles.